The van der Waals surface area contributed by atoms with Crippen molar-refractivity contribution < 1.29 is 4.79 Å². The first kappa shape index (κ1) is 7.14. The molecule has 2 nitrogen and oxygen atoms in total. The molecule has 0 saturated carbocycles. The molecule has 0 aromatic heterocycles. The molecule has 0 spiro atoms. The summed E-state index contributed by atoms with van der Waals surface area (Å²) >= 11 is 0. The Morgan fingerprint density at radius 2 is 2.18 bits per heavy atom. The van der Waals surface area contributed by atoms with Gasteiger partial charge < -0.3 is 4.90 Å². The number of carbonyl (C=O) groups is 1. The molecule has 2 unspecified atom stereocenters. The van der Waals surface area contributed by atoms with E-state index in [2.05, 4.69) is 11.8 Å². The third kappa shape index (κ3) is 1.15. The zero-order valence-electron chi connectivity index (χ0n) is 7.05. The number of hydrogen-bond donors (Lipinski definition) is 0. The highest BCUT2D eigenvalue weighted by Gasteiger charge is 2.32. The maximum atomic E-state index is 11.3. The standard InChI is InChI=1S/C9H15NO/c1-7-2-3-8-4-5-9(11)10(7)6-8/h7-8H,2-6H2,1H3. The molecule has 11 heavy (non-hydrogen) atoms. The lowest BCUT2D eigenvalue weighted by atomic mass is 9.86. The lowest BCUT2D eigenvalue weighted by molar-refractivity contribution is -0.139. The highest BCUT2D eigenvalue weighted by atomic mass is 16.2. The van der Waals surface area contributed by atoms with Gasteiger partial charge >= 0.3 is 0 Å². The lowest BCUT2D eigenvalue weighted by Crippen LogP contribution is -2.48. The number of nitrogens with zero attached hydrogens (tertiary/aromatic N) is 1. The van der Waals surface area contributed by atoms with Crippen LogP contribution in [0.4, 0.5) is 0 Å². The van der Waals surface area contributed by atoms with Crippen LogP contribution in [0.3, 0.4) is 0 Å². The van der Waals surface area contributed by atoms with Gasteiger partial charge in [-0.1, -0.05) is 0 Å². The predicted octanol–water partition coefficient (Wildman–Crippen LogP) is 1.41. The van der Waals surface area contributed by atoms with E-state index >= 15 is 0 Å². The molecule has 2 saturated heterocycles. The van der Waals surface area contributed by atoms with E-state index < -0.39 is 0 Å². The molecule has 0 aromatic carbocycles. The predicted molar refractivity (Wildman–Crippen MR) is 43.1 cm³/mol. The van der Waals surface area contributed by atoms with Crippen LogP contribution in [-0.4, -0.2) is 23.4 Å². The van der Waals surface area contributed by atoms with Crippen LogP contribution in [0.15, 0.2) is 0 Å². The second kappa shape index (κ2) is 2.50. The molecule has 1 amide bonds. The molecule has 2 fully saturated rings. The van der Waals surface area contributed by atoms with E-state index in [1.54, 1.807) is 0 Å². The summed E-state index contributed by atoms with van der Waals surface area (Å²) in [5, 5.41) is 0. The molecule has 2 rings (SSSR count). The van der Waals surface area contributed by atoms with Crippen molar-refractivity contribution >= 4 is 5.91 Å². The van der Waals surface area contributed by atoms with Crippen LogP contribution < -0.4 is 0 Å². The molecule has 0 aromatic rings. The topological polar surface area (TPSA) is 20.3 Å². The summed E-state index contributed by atoms with van der Waals surface area (Å²) in [5.41, 5.74) is 0. The summed E-state index contributed by atoms with van der Waals surface area (Å²) in [6.07, 6.45) is 4.50. The summed E-state index contributed by atoms with van der Waals surface area (Å²) in [6, 6.07) is 0.513. The molecule has 2 heterocycles. The Kier molecular flexibility index (Phi) is 1.63. The average Bonchev–Trinajstić information content (AvgIpc) is 2.02. The first-order valence-corrected chi connectivity index (χ1v) is 4.57. The van der Waals surface area contributed by atoms with Crippen LogP contribution in [0.1, 0.15) is 32.6 Å². The third-order valence-electron chi connectivity index (χ3n) is 3.07. The van der Waals surface area contributed by atoms with Gasteiger partial charge in [-0.25, -0.2) is 0 Å². The fourth-order valence-electron chi connectivity index (χ4n) is 2.24. The van der Waals surface area contributed by atoms with Gasteiger partial charge in [0, 0.05) is 19.0 Å². The molecule has 62 valence electrons. The normalized spacial score (nSPS) is 37.5. The highest BCUT2D eigenvalue weighted by molar-refractivity contribution is 5.77. The Hall–Kier alpha value is -0.530. The number of fused-ring (bicyclic) bond motifs is 2. The van der Waals surface area contributed by atoms with Crippen LogP contribution in [0.5, 0.6) is 0 Å². The quantitative estimate of drug-likeness (QED) is 0.515. The summed E-state index contributed by atoms with van der Waals surface area (Å²) in [5.74, 6) is 1.21. The molecule has 2 heteroatoms. The van der Waals surface area contributed by atoms with Crippen LogP contribution in [0.2, 0.25) is 0 Å². The first-order valence-electron chi connectivity index (χ1n) is 4.57. The molecule has 2 bridgehead atoms. The van der Waals surface area contributed by atoms with Gasteiger partial charge in [-0.2, -0.15) is 0 Å². The number of carbonyl (C=O) groups excluding carboxylic acids is 1. The summed E-state index contributed by atoms with van der Waals surface area (Å²) in [6.45, 7) is 3.21. The Bertz CT molecular complexity index is 178. The Morgan fingerprint density at radius 1 is 1.36 bits per heavy atom. The van der Waals surface area contributed by atoms with Gasteiger partial charge in [0.05, 0.1) is 0 Å². The fourth-order valence-corrected chi connectivity index (χ4v) is 2.24. The Morgan fingerprint density at radius 3 is 2.91 bits per heavy atom. The van der Waals surface area contributed by atoms with Crippen molar-refractivity contribution in [1.82, 2.24) is 4.90 Å². The van der Waals surface area contributed by atoms with E-state index in [4.69, 9.17) is 0 Å². The van der Waals surface area contributed by atoms with E-state index in [9.17, 15) is 4.79 Å². The monoisotopic (exact) mass is 153 g/mol. The van der Waals surface area contributed by atoms with E-state index in [-0.39, 0.29) is 0 Å². The van der Waals surface area contributed by atoms with Crippen molar-refractivity contribution in [2.75, 3.05) is 6.54 Å². The van der Waals surface area contributed by atoms with Crippen molar-refractivity contribution in [2.45, 2.75) is 38.6 Å². The van der Waals surface area contributed by atoms with Crippen LogP contribution in [0.25, 0.3) is 0 Å². The zero-order chi connectivity index (χ0) is 7.84. The molecule has 2 aliphatic heterocycles. The number of amides is 1. The smallest absolute Gasteiger partial charge is 0.222 e. The van der Waals surface area contributed by atoms with Crippen molar-refractivity contribution in [2.24, 2.45) is 5.92 Å². The minimum absolute atomic E-state index is 0.383. The third-order valence-corrected chi connectivity index (χ3v) is 3.07. The minimum atomic E-state index is 0.383. The average molecular weight is 153 g/mol. The van der Waals surface area contributed by atoms with Crippen LogP contribution in [-0.2, 0) is 4.79 Å². The van der Waals surface area contributed by atoms with Crippen molar-refractivity contribution in [3.8, 4) is 0 Å². The second-order valence-electron chi connectivity index (χ2n) is 3.88. The van der Waals surface area contributed by atoms with E-state index in [1.807, 2.05) is 0 Å². The Balaban J connectivity index is 2.11. The molecule has 0 radical (unpaired) electrons. The zero-order valence-corrected chi connectivity index (χ0v) is 7.05. The van der Waals surface area contributed by atoms with Gasteiger partial charge in [0.2, 0.25) is 5.91 Å². The van der Waals surface area contributed by atoms with Crippen LogP contribution >= 0.6 is 0 Å². The van der Waals surface area contributed by atoms with Gasteiger partial charge in [-0.15, -0.1) is 0 Å². The molecule has 0 aliphatic carbocycles. The molecule has 2 aliphatic rings. The summed E-state index contributed by atoms with van der Waals surface area (Å²) < 4.78 is 0. The van der Waals surface area contributed by atoms with Crippen molar-refractivity contribution in [3.63, 3.8) is 0 Å². The SMILES string of the molecule is CC1CCC2CCC(=O)N1C2. The van der Waals surface area contributed by atoms with Gasteiger partial charge in [0.1, 0.15) is 0 Å². The van der Waals surface area contributed by atoms with E-state index in [0.29, 0.717) is 11.9 Å². The second-order valence-corrected chi connectivity index (χ2v) is 3.88. The Labute approximate surface area is 67.6 Å². The first-order chi connectivity index (χ1) is 5.27. The fraction of sp³-hybridized carbons (Fsp3) is 0.889. The van der Waals surface area contributed by atoms with Gasteiger partial charge in [0.15, 0.2) is 0 Å². The van der Waals surface area contributed by atoms with Crippen molar-refractivity contribution in [3.05, 3.63) is 0 Å². The molecule has 0 N–H and O–H groups in total. The maximum absolute atomic E-state index is 11.3. The molecule has 2 atom stereocenters. The lowest BCUT2D eigenvalue weighted by Gasteiger charge is -2.41. The molecular weight excluding hydrogens is 138 g/mol. The summed E-state index contributed by atoms with van der Waals surface area (Å²) in [4.78, 5) is 13.4. The van der Waals surface area contributed by atoms with Gasteiger partial charge in [-0.3, -0.25) is 4.79 Å². The van der Waals surface area contributed by atoms with Crippen LogP contribution in [0, 0.1) is 5.92 Å². The summed E-state index contributed by atoms with van der Waals surface area (Å²) in [7, 11) is 0. The van der Waals surface area contributed by atoms with Gasteiger partial charge in [-0.05, 0) is 32.1 Å². The maximum Gasteiger partial charge on any atom is 0.222 e. The molecular formula is C9H15NO. The van der Waals surface area contributed by atoms with E-state index in [0.717, 1.165) is 25.3 Å². The largest absolute Gasteiger partial charge is 0.340 e. The number of piperidine rings is 2. The highest BCUT2D eigenvalue weighted by Crippen LogP contribution is 2.30. The van der Waals surface area contributed by atoms with Gasteiger partial charge in [0.25, 0.3) is 0 Å². The minimum Gasteiger partial charge on any atom is -0.340 e. The van der Waals surface area contributed by atoms with E-state index in [1.165, 1.54) is 12.8 Å². The van der Waals surface area contributed by atoms with Crippen molar-refractivity contribution in [1.29, 1.82) is 0 Å². The number of hydrogen-bond acceptors (Lipinski definition) is 1. The number of rotatable bonds is 0.